The van der Waals surface area contributed by atoms with Gasteiger partial charge < -0.3 is 0 Å². The van der Waals surface area contributed by atoms with Gasteiger partial charge in [0.05, 0.1) is 12.0 Å². The van der Waals surface area contributed by atoms with Gasteiger partial charge >= 0.3 is 0 Å². The van der Waals surface area contributed by atoms with Crippen LogP contribution in [0.2, 0.25) is 0 Å². The summed E-state index contributed by atoms with van der Waals surface area (Å²) in [5, 5.41) is 8.49. The van der Waals surface area contributed by atoms with Gasteiger partial charge in [-0.2, -0.15) is 18.0 Å². The predicted molar refractivity (Wildman–Crippen MR) is 50.0 cm³/mol. The lowest BCUT2D eigenvalue weighted by Gasteiger charge is -2.17. The smallest absolute Gasteiger partial charge is 0.202 e. The van der Waals surface area contributed by atoms with Crippen molar-refractivity contribution in [3.8, 4) is 6.07 Å². The highest BCUT2D eigenvalue weighted by atomic mass is 32.2. The Kier molecular flexibility index (Phi) is 4.91. The third-order valence-corrected chi connectivity index (χ3v) is 3.11. The third-order valence-electron chi connectivity index (χ3n) is 1.49. The molecule has 76 valence electrons. The summed E-state index contributed by atoms with van der Waals surface area (Å²) in [5.74, 6) is -0.293. The van der Waals surface area contributed by atoms with Crippen LogP contribution in [0.3, 0.4) is 0 Å². The van der Waals surface area contributed by atoms with Crippen LogP contribution in [0.25, 0.3) is 0 Å². The Balaban J connectivity index is 4.27. The highest BCUT2D eigenvalue weighted by Gasteiger charge is 2.17. The zero-order chi connectivity index (χ0) is 10.5. The molecular formula is C7H15N3O2S. The van der Waals surface area contributed by atoms with Gasteiger partial charge in [-0.15, -0.1) is 0 Å². The minimum Gasteiger partial charge on any atom is -0.202 e. The van der Waals surface area contributed by atoms with Gasteiger partial charge in [0.25, 0.3) is 10.2 Å². The molecule has 1 N–H and O–H groups in total. The van der Waals surface area contributed by atoms with E-state index in [9.17, 15) is 8.42 Å². The average Bonchev–Trinajstić information content (AvgIpc) is 2.04. The van der Waals surface area contributed by atoms with Crippen molar-refractivity contribution < 1.29 is 8.42 Å². The molecular weight excluding hydrogens is 190 g/mol. The minimum atomic E-state index is -3.38. The Morgan fingerprint density at radius 1 is 1.62 bits per heavy atom. The van der Waals surface area contributed by atoms with E-state index in [4.69, 9.17) is 5.26 Å². The van der Waals surface area contributed by atoms with E-state index in [0.29, 0.717) is 6.54 Å². The lowest BCUT2D eigenvalue weighted by Crippen LogP contribution is -2.39. The second-order valence-electron chi connectivity index (χ2n) is 2.81. The Bertz CT molecular complexity index is 281. The van der Waals surface area contributed by atoms with E-state index in [1.165, 1.54) is 7.05 Å². The molecule has 0 aromatic heterocycles. The van der Waals surface area contributed by atoms with Gasteiger partial charge in [0.15, 0.2) is 0 Å². The predicted octanol–water partition coefficient (Wildman–Crippen LogP) is -0.0678. The number of nitrogens with one attached hydrogen (secondary N) is 1. The van der Waals surface area contributed by atoms with Crippen LogP contribution in [-0.2, 0) is 10.2 Å². The molecule has 0 rings (SSSR count). The molecule has 13 heavy (non-hydrogen) atoms. The molecule has 0 spiro atoms. The van der Waals surface area contributed by atoms with E-state index >= 15 is 0 Å². The maximum absolute atomic E-state index is 11.3. The Labute approximate surface area is 79.5 Å². The molecule has 0 aliphatic carbocycles. The summed E-state index contributed by atoms with van der Waals surface area (Å²) in [5.41, 5.74) is 0. The number of nitrogens with zero attached hydrogens (tertiary/aromatic N) is 2. The van der Waals surface area contributed by atoms with Crippen molar-refractivity contribution in [2.24, 2.45) is 5.92 Å². The summed E-state index contributed by atoms with van der Waals surface area (Å²) in [7, 11) is -1.93. The topological polar surface area (TPSA) is 73.2 Å². The zero-order valence-electron chi connectivity index (χ0n) is 8.11. The molecule has 0 bridgehead atoms. The molecule has 0 amide bonds. The summed E-state index contributed by atoms with van der Waals surface area (Å²) in [4.78, 5) is 0. The Morgan fingerprint density at radius 2 is 2.15 bits per heavy atom. The van der Waals surface area contributed by atoms with E-state index in [0.717, 1.165) is 4.31 Å². The highest BCUT2D eigenvalue weighted by molar-refractivity contribution is 7.87. The standard InChI is InChI=1S/C7H15N3O2S/c1-4-9-13(11,12)10(3)6-7(2)5-8/h7,9H,4,6H2,1-3H3. The van der Waals surface area contributed by atoms with Crippen LogP contribution >= 0.6 is 0 Å². The van der Waals surface area contributed by atoms with E-state index < -0.39 is 10.2 Å². The van der Waals surface area contributed by atoms with Crippen molar-refractivity contribution in [3.63, 3.8) is 0 Å². The number of rotatable bonds is 5. The van der Waals surface area contributed by atoms with E-state index in [-0.39, 0.29) is 12.5 Å². The maximum atomic E-state index is 11.3. The summed E-state index contributed by atoms with van der Waals surface area (Å²) < 4.78 is 26.1. The van der Waals surface area contributed by atoms with Gasteiger partial charge in [0.2, 0.25) is 0 Å². The van der Waals surface area contributed by atoms with Crippen LogP contribution < -0.4 is 4.72 Å². The quantitative estimate of drug-likeness (QED) is 0.683. The summed E-state index contributed by atoms with van der Waals surface area (Å²) in [6, 6.07) is 1.98. The molecule has 0 aromatic rings. The van der Waals surface area contributed by atoms with Crippen molar-refractivity contribution in [1.29, 1.82) is 5.26 Å². The largest absolute Gasteiger partial charge is 0.279 e. The fourth-order valence-electron chi connectivity index (χ4n) is 0.817. The van der Waals surface area contributed by atoms with Crippen LogP contribution in [0.5, 0.6) is 0 Å². The second-order valence-corrected chi connectivity index (χ2v) is 4.68. The van der Waals surface area contributed by atoms with Gasteiger partial charge in [0.1, 0.15) is 0 Å². The average molecular weight is 205 g/mol. The van der Waals surface area contributed by atoms with Crippen LogP contribution in [-0.4, -0.2) is 32.9 Å². The van der Waals surface area contributed by atoms with E-state index in [1.54, 1.807) is 13.8 Å². The first-order valence-corrected chi connectivity index (χ1v) is 5.48. The van der Waals surface area contributed by atoms with Crippen LogP contribution in [0.4, 0.5) is 0 Å². The zero-order valence-corrected chi connectivity index (χ0v) is 8.93. The van der Waals surface area contributed by atoms with Crippen LogP contribution in [0, 0.1) is 17.2 Å². The summed E-state index contributed by atoms with van der Waals surface area (Å²) in [6.45, 7) is 3.95. The maximum Gasteiger partial charge on any atom is 0.279 e. The Hall–Kier alpha value is -0.640. The monoisotopic (exact) mass is 205 g/mol. The normalized spacial score (nSPS) is 14.1. The fraction of sp³-hybridized carbons (Fsp3) is 0.857. The fourth-order valence-corrected chi connectivity index (χ4v) is 1.82. The molecule has 1 atom stereocenters. The molecule has 5 nitrogen and oxygen atoms in total. The molecule has 1 unspecified atom stereocenters. The second kappa shape index (κ2) is 5.17. The summed E-state index contributed by atoms with van der Waals surface area (Å²) in [6.07, 6.45) is 0. The number of nitriles is 1. The van der Waals surface area contributed by atoms with E-state index in [1.807, 2.05) is 6.07 Å². The van der Waals surface area contributed by atoms with Crippen molar-refractivity contribution in [2.45, 2.75) is 13.8 Å². The first-order valence-electron chi connectivity index (χ1n) is 4.04. The van der Waals surface area contributed by atoms with Crippen LogP contribution in [0.15, 0.2) is 0 Å². The highest BCUT2D eigenvalue weighted by Crippen LogP contribution is 2.00. The molecule has 0 aromatic carbocycles. The van der Waals surface area contributed by atoms with Crippen molar-refractivity contribution in [2.75, 3.05) is 20.1 Å². The molecule has 0 saturated heterocycles. The van der Waals surface area contributed by atoms with Gasteiger partial charge in [-0.25, -0.2) is 4.72 Å². The lowest BCUT2D eigenvalue weighted by molar-refractivity contribution is 0.431. The van der Waals surface area contributed by atoms with Crippen LogP contribution in [0.1, 0.15) is 13.8 Å². The van der Waals surface area contributed by atoms with Gasteiger partial charge in [-0.05, 0) is 6.92 Å². The first kappa shape index (κ1) is 12.4. The summed E-state index contributed by atoms with van der Waals surface area (Å²) >= 11 is 0. The molecule has 0 aliphatic rings. The molecule has 0 heterocycles. The molecule has 0 radical (unpaired) electrons. The first-order chi connectivity index (χ1) is 5.94. The lowest BCUT2D eigenvalue weighted by atomic mass is 10.2. The van der Waals surface area contributed by atoms with Crippen molar-refractivity contribution in [1.82, 2.24) is 9.03 Å². The van der Waals surface area contributed by atoms with Crippen molar-refractivity contribution in [3.05, 3.63) is 0 Å². The number of hydrogen-bond donors (Lipinski definition) is 1. The minimum absolute atomic E-state index is 0.214. The van der Waals surface area contributed by atoms with E-state index in [2.05, 4.69) is 4.72 Å². The van der Waals surface area contributed by atoms with Crippen molar-refractivity contribution >= 4 is 10.2 Å². The molecule has 0 aliphatic heterocycles. The van der Waals surface area contributed by atoms with Gasteiger partial charge in [-0.3, -0.25) is 0 Å². The van der Waals surface area contributed by atoms with Gasteiger partial charge in [-0.1, -0.05) is 6.92 Å². The molecule has 0 saturated carbocycles. The van der Waals surface area contributed by atoms with Gasteiger partial charge in [0, 0.05) is 20.1 Å². The SMILES string of the molecule is CCNS(=O)(=O)N(C)CC(C)C#N. The molecule has 6 heteroatoms. The molecule has 0 fully saturated rings. The number of hydrogen-bond acceptors (Lipinski definition) is 3. The Morgan fingerprint density at radius 3 is 2.54 bits per heavy atom. The third kappa shape index (κ3) is 4.22.